The van der Waals surface area contributed by atoms with Crippen molar-refractivity contribution >= 4 is 16.7 Å². The van der Waals surface area contributed by atoms with Gasteiger partial charge in [0.2, 0.25) is 0 Å². The fourth-order valence-corrected chi connectivity index (χ4v) is 5.37. The largest absolute Gasteiger partial charge is 0.573 e. The van der Waals surface area contributed by atoms with E-state index in [1.54, 1.807) is 13.8 Å². The SMILES string of the molecule is Cc1noc(-c2c(N3CCC(NC4CCCCC4)CC3)nc3c(F)cc(OC(F)(F)F)cc3c2C)n1.[HH]. The fraction of sp³-hybridized carbons (Fsp3) is 0.560. The first-order valence-corrected chi connectivity index (χ1v) is 12.4. The van der Waals surface area contributed by atoms with Gasteiger partial charge in [-0.05, 0) is 51.2 Å². The second-order valence-electron chi connectivity index (χ2n) is 9.69. The highest BCUT2D eigenvalue weighted by Gasteiger charge is 2.33. The molecule has 0 bridgehead atoms. The van der Waals surface area contributed by atoms with Crippen molar-refractivity contribution in [2.75, 3.05) is 18.0 Å². The minimum absolute atomic E-state index is 0. The number of alkyl halides is 3. The molecule has 2 aromatic heterocycles. The van der Waals surface area contributed by atoms with Gasteiger partial charge in [0.05, 0.1) is 5.56 Å². The van der Waals surface area contributed by atoms with Crippen LogP contribution >= 0.6 is 0 Å². The zero-order valence-electron chi connectivity index (χ0n) is 20.3. The summed E-state index contributed by atoms with van der Waals surface area (Å²) < 4.78 is 62.8. The molecule has 0 amide bonds. The molecule has 1 N–H and O–H groups in total. The van der Waals surface area contributed by atoms with Gasteiger partial charge in [-0.15, -0.1) is 13.2 Å². The second kappa shape index (κ2) is 9.84. The van der Waals surface area contributed by atoms with Gasteiger partial charge >= 0.3 is 6.36 Å². The lowest BCUT2D eigenvalue weighted by Gasteiger charge is -2.37. The highest BCUT2D eigenvalue weighted by molar-refractivity contribution is 5.93. The van der Waals surface area contributed by atoms with E-state index >= 15 is 4.39 Å². The molecular formula is C25H31F4N5O2. The second-order valence-corrected chi connectivity index (χ2v) is 9.69. The lowest BCUT2D eigenvalue weighted by molar-refractivity contribution is -0.274. The van der Waals surface area contributed by atoms with E-state index in [2.05, 4.69) is 30.1 Å². The number of nitrogens with zero attached hydrogens (tertiary/aromatic N) is 4. The van der Waals surface area contributed by atoms with Crippen molar-refractivity contribution in [2.24, 2.45) is 0 Å². The summed E-state index contributed by atoms with van der Waals surface area (Å²) in [6, 6.07) is 2.82. The highest BCUT2D eigenvalue weighted by Crippen LogP contribution is 2.39. The Morgan fingerprint density at radius 3 is 2.36 bits per heavy atom. The summed E-state index contributed by atoms with van der Waals surface area (Å²) in [4.78, 5) is 11.0. The van der Waals surface area contributed by atoms with Crippen molar-refractivity contribution in [1.82, 2.24) is 20.4 Å². The monoisotopic (exact) mass is 509 g/mol. The molecule has 1 saturated carbocycles. The molecule has 1 saturated heterocycles. The first-order valence-electron chi connectivity index (χ1n) is 12.4. The van der Waals surface area contributed by atoms with E-state index in [-0.39, 0.29) is 18.2 Å². The average molecular weight is 510 g/mol. The van der Waals surface area contributed by atoms with Gasteiger partial charge in [-0.1, -0.05) is 24.4 Å². The van der Waals surface area contributed by atoms with Gasteiger partial charge in [-0.25, -0.2) is 9.37 Å². The highest BCUT2D eigenvalue weighted by atomic mass is 19.4. The van der Waals surface area contributed by atoms with Crippen molar-refractivity contribution in [3.63, 3.8) is 0 Å². The van der Waals surface area contributed by atoms with E-state index < -0.39 is 17.9 Å². The van der Waals surface area contributed by atoms with E-state index in [1.807, 2.05) is 0 Å². The molecular weight excluding hydrogens is 478 g/mol. The van der Waals surface area contributed by atoms with Crippen LogP contribution in [0.1, 0.15) is 57.8 Å². The number of fused-ring (bicyclic) bond motifs is 1. The summed E-state index contributed by atoms with van der Waals surface area (Å²) in [7, 11) is 0. The molecule has 0 radical (unpaired) electrons. The van der Waals surface area contributed by atoms with E-state index in [0.29, 0.717) is 54.0 Å². The molecule has 0 atom stereocenters. The molecule has 36 heavy (non-hydrogen) atoms. The van der Waals surface area contributed by atoms with Crippen molar-refractivity contribution in [1.29, 1.82) is 0 Å². The van der Waals surface area contributed by atoms with Gasteiger partial charge < -0.3 is 19.5 Å². The maximum absolute atomic E-state index is 15.0. The van der Waals surface area contributed by atoms with Crippen LogP contribution in [0.4, 0.5) is 23.4 Å². The lowest BCUT2D eigenvalue weighted by atomic mass is 9.93. The molecule has 11 heteroatoms. The fourth-order valence-electron chi connectivity index (χ4n) is 5.37. The van der Waals surface area contributed by atoms with Crippen molar-refractivity contribution < 1.29 is 28.2 Å². The zero-order chi connectivity index (χ0) is 25.4. The number of anilines is 1. The number of aromatic nitrogens is 3. The number of hydrogen-bond acceptors (Lipinski definition) is 7. The molecule has 0 spiro atoms. The Morgan fingerprint density at radius 2 is 1.72 bits per heavy atom. The number of nitrogens with one attached hydrogen (secondary N) is 1. The smallest absolute Gasteiger partial charge is 0.406 e. The first-order chi connectivity index (χ1) is 17.2. The van der Waals surface area contributed by atoms with E-state index in [1.165, 1.54) is 32.1 Å². The third-order valence-corrected chi connectivity index (χ3v) is 7.10. The third kappa shape index (κ3) is 5.25. The molecule has 2 aliphatic rings. The Hall–Kier alpha value is -2.95. The van der Waals surface area contributed by atoms with Crippen molar-refractivity contribution in [2.45, 2.75) is 77.2 Å². The van der Waals surface area contributed by atoms with Crippen LogP contribution in [-0.2, 0) is 0 Å². The topological polar surface area (TPSA) is 76.3 Å². The van der Waals surface area contributed by atoms with Crippen LogP contribution in [0.2, 0.25) is 0 Å². The van der Waals surface area contributed by atoms with E-state index in [4.69, 9.17) is 4.52 Å². The number of ether oxygens (including phenoxy) is 1. The molecule has 1 aromatic carbocycles. The Kier molecular flexibility index (Phi) is 6.76. The Labute approximate surface area is 207 Å². The minimum atomic E-state index is -4.94. The summed E-state index contributed by atoms with van der Waals surface area (Å²) in [5, 5.41) is 7.86. The van der Waals surface area contributed by atoms with E-state index in [9.17, 15) is 13.2 Å². The first kappa shape index (κ1) is 24.7. The van der Waals surface area contributed by atoms with Crippen LogP contribution in [0.3, 0.4) is 0 Å². The molecule has 7 nitrogen and oxygen atoms in total. The standard InChI is InChI=1S/C25H29F4N5O2.H2/c1-14-19-12-18(35-25(27,28)29)13-20(26)22(19)32-23(21(14)24-30-15(2)33-36-24)34-10-8-17(9-11-34)31-16-6-4-3-5-7-16;/h12-13,16-17,31H,3-11H2,1-2H3;1H. The molecule has 3 aromatic rings. The predicted molar refractivity (Wildman–Crippen MR) is 129 cm³/mol. The number of rotatable bonds is 5. The Bertz CT molecular complexity index is 1240. The summed E-state index contributed by atoms with van der Waals surface area (Å²) in [6.07, 6.45) is 3.13. The Morgan fingerprint density at radius 1 is 1.03 bits per heavy atom. The van der Waals surface area contributed by atoms with Crippen LogP contribution < -0.4 is 15.0 Å². The number of hydrogen-bond donors (Lipinski definition) is 1. The maximum Gasteiger partial charge on any atom is 0.573 e. The van der Waals surface area contributed by atoms with Gasteiger partial charge in [-0.3, -0.25) is 0 Å². The molecule has 1 aliphatic heterocycles. The summed E-state index contributed by atoms with van der Waals surface area (Å²) in [5.41, 5.74) is 0.956. The molecule has 196 valence electrons. The molecule has 2 fully saturated rings. The van der Waals surface area contributed by atoms with Gasteiger partial charge in [0, 0.05) is 38.1 Å². The van der Waals surface area contributed by atoms with Gasteiger partial charge in [0.1, 0.15) is 17.1 Å². The number of aryl methyl sites for hydroxylation is 2. The van der Waals surface area contributed by atoms with Gasteiger partial charge in [0.15, 0.2) is 11.6 Å². The lowest BCUT2D eigenvalue weighted by Crippen LogP contribution is -2.47. The molecule has 1 aliphatic carbocycles. The molecule has 0 unspecified atom stereocenters. The Balaban J connectivity index is 0.00000320. The summed E-state index contributed by atoms with van der Waals surface area (Å²) in [5.74, 6) is -0.445. The summed E-state index contributed by atoms with van der Waals surface area (Å²) in [6.45, 7) is 4.75. The number of benzene rings is 1. The van der Waals surface area contributed by atoms with Crippen LogP contribution in [0, 0.1) is 19.7 Å². The van der Waals surface area contributed by atoms with Crippen molar-refractivity contribution in [3.05, 3.63) is 29.3 Å². The van der Waals surface area contributed by atoms with Crippen LogP contribution in [0.25, 0.3) is 22.4 Å². The number of piperidine rings is 1. The number of halogens is 4. The van der Waals surface area contributed by atoms with Crippen molar-refractivity contribution in [3.8, 4) is 17.2 Å². The van der Waals surface area contributed by atoms with E-state index in [0.717, 1.165) is 18.9 Å². The average Bonchev–Trinajstić information content (AvgIpc) is 3.25. The van der Waals surface area contributed by atoms with Gasteiger partial charge in [0.25, 0.3) is 5.89 Å². The number of pyridine rings is 1. The quantitative estimate of drug-likeness (QED) is 0.418. The maximum atomic E-state index is 15.0. The van der Waals surface area contributed by atoms with Crippen LogP contribution in [0.5, 0.6) is 5.75 Å². The summed E-state index contributed by atoms with van der Waals surface area (Å²) >= 11 is 0. The molecule has 5 rings (SSSR count). The van der Waals surface area contributed by atoms with Gasteiger partial charge in [-0.2, -0.15) is 4.98 Å². The van der Waals surface area contributed by atoms with Crippen LogP contribution in [0.15, 0.2) is 16.7 Å². The normalized spacial score (nSPS) is 18.2. The zero-order valence-corrected chi connectivity index (χ0v) is 20.3. The van der Waals surface area contributed by atoms with Crippen LogP contribution in [-0.4, -0.2) is 46.7 Å². The minimum Gasteiger partial charge on any atom is -0.406 e. The molecule has 3 heterocycles. The third-order valence-electron chi connectivity index (χ3n) is 7.10. The predicted octanol–water partition coefficient (Wildman–Crippen LogP) is 6.08.